The maximum absolute atomic E-state index is 13.4. The molecule has 0 saturated carbocycles. The second-order valence-electron chi connectivity index (χ2n) is 13.5. The molecule has 3 heterocycles. The number of hydrazine groups is 1. The van der Waals surface area contributed by atoms with Crippen molar-refractivity contribution in [3.05, 3.63) is 45.5 Å². The molecule has 4 atom stereocenters. The first-order valence-electron chi connectivity index (χ1n) is 15.0. The number of alkyl halides is 3. The molecule has 3 aliphatic heterocycles. The van der Waals surface area contributed by atoms with Crippen molar-refractivity contribution >= 4 is 17.3 Å². The standard InChI is InChI=1S/C30H43F3N6O3/c1-29(2,3)22-4-6-23(7-5-22)37-17-20-15-35(16-21(20)18-37)12-11-28(40)36-13-10-25(19-36)38(34)24-8-9-27(39(41)42)26(14-24)30(31,32)33/h4,8-9,14,20-21,23,25H,5-7,10-13,15-19,34H2,1-3H3/t20?,21?,23-,25-/m1/s1. The summed E-state index contributed by atoms with van der Waals surface area (Å²) in [5.74, 6) is 7.48. The molecule has 1 aliphatic carbocycles. The first-order chi connectivity index (χ1) is 19.7. The maximum atomic E-state index is 13.4. The molecule has 5 rings (SSSR count). The number of hydrogen-bond acceptors (Lipinski definition) is 7. The van der Waals surface area contributed by atoms with Crippen LogP contribution in [0.5, 0.6) is 0 Å². The number of benzene rings is 1. The zero-order chi connectivity index (χ0) is 30.4. The normalized spacial score (nSPS) is 27.3. The summed E-state index contributed by atoms with van der Waals surface area (Å²) >= 11 is 0. The second kappa shape index (κ2) is 11.8. The molecule has 12 heteroatoms. The topological polar surface area (TPSA) is 99.2 Å². The number of rotatable bonds is 7. The van der Waals surface area contributed by atoms with E-state index in [4.69, 9.17) is 5.84 Å². The molecule has 232 valence electrons. The van der Waals surface area contributed by atoms with Crippen LogP contribution in [-0.4, -0.2) is 83.4 Å². The zero-order valence-corrected chi connectivity index (χ0v) is 24.8. The number of halogens is 3. The van der Waals surface area contributed by atoms with Crippen LogP contribution in [0.1, 0.15) is 58.4 Å². The molecule has 0 radical (unpaired) electrons. The molecule has 3 fully saturated rings. The molecule has 2 N–H and O–H groups in total. The van der Waals surface area contributed by atoms with Crippen LogP contribution in [0.2, 0.25) is 0 Å². The highest BCUT2D eigenvalue weighted by Crippen LogP contribution is 2.40. The van der Waals surface area contributed by atoms with Crippen LogP contribution in [0.3, 0.4) is 0 Å². The van der Waals surface area contributed by atoms with E-state index in [1.165, 1.54) is 23.9 Å². The number of anilines is 1. The minimum Gasteiger partial charge on any atom is -0.340 e. The molecule has 0 aromatic heterocycles. The maximum Gasteiger partial charge on any atom is 0.423 e. The van der Waals surface area contributed by atoms with Crippen molar-refractivity contribution in [2.75, 3.05) is 50.8 Å². The van der Waals surface area contributed by atoms with Crippen LogP contribution in [0.4, 0.5) is 24.5 Å². The van der Waals surface area contributed by atoms with Crippen molar-refractivity contribution < 1.29 is 22.9 Å². The van der Waals surface area contributed by atoms with Gasteiger partial charge in [-0.05, 0) is 55.1 Å². The lowest BCUT2D eigenvalue weighted by molar-refractivity contribution is -0.388. The van der Waals surface area contributed by atoms with E-state index in [0.29, 0.717) is 56.4 Å². The summed E-state index contributed by atoms with van der Waals surface area (Å²) in [5, 5.41) is 12.3. The van der Waals surface area contributed by atoms with Gasteiger partial charge in [0.2, 0.25) is 5.91 Å². The van der Waals surface area contributed by atoms with Gasteiger partial charge in [0.25, 0.3) is 5.69 Å². The van der Waals surface area contributed by atoms with Crippen LogP contribution in [-0.2, 0) is 11.0 Å². The molecule has 0 bridgehead atoms. The summed E-state index contributed by atoms with van der Waals surface area (Å²) in [6.07, 6.45) is 2.08. The number of nitro benzene ring substituents is 1. The fourth-order valence-corrected chi connectivity index (χ4v) is 7.33. The molecule has 1 aromatic rings. The number of likely N-dealkylation sites (tertiary alicyclic amines) is 3. The van der Waals surface area contributed by atoms with E-state index in [1.807, 2.05) is 0 Å². The smallest absolute Gasteiger partial charge is 0.340 e. The lowest BCUT2D eigenvalue weighted by Crippen LogP contribution is -2.44. The van der Waals surface area contributed by atoms with Gasteiger partial charge < -0.3 is 14.8 Å². The summed E-state index contributed by atoms with van der Waals surface area (Å²) in [4.78, 5) is 29.8. The number of carbonyl (C=O) groups excluding carboxylic acids is 1. The predicted molar refractivity (Wildman–Crippen MR) is 155 cm³/mol. The Labute approximate surface area is 245 Å². The fraction of sp³-hybridized carbons (Fsp3) is 0.700. The molecule has 4 aliphatic rings. The highest BCUT2D eigenvalue weighted by molar-refractivity contribution is 5.77. The van der Waals surface area contributed by atoms with Crippen molar-refractivity contribution in [3.8, 4) is 0 Å². The van der Waals surface area contributed by atoms with E-state index in [1.54, 1.807) is 10.5 Å². The minimum absolute atomic E-state index is 0.0212. The summed E-state index contributed by atoms with van der Waals surface area (Å²) in [7, 11) is 0. The van der Waals surface area contributed by atoms with Crippen molar-refractivity contribution in [2.24, 2.45) is 23.1 Å². The first-order valence-corrected chi connectivity index (χ1v) is 15.0. The van der Waals surface area contributed by atoms with E-state index < -0.39 is 22.4 Å². The second-order valence-corrected chi connectivity index (χ2v) is 13.5. The number of amides is 1. The van der Waals surface area contributed by atoms with Gasteiger partial charge >= 0.3 is 6.18 Å². The summed E-state index contributed by atoms with van der Waals surface area (Å²) in [6.45, 7) is 12.7. The zero-order valence-electron chi connectivity index (χ0n) is 24.8. The molecule has 9 nitrogen and oxygen atoms in total. The van der Waals surface area contributed by atoms with Crippen LogP contribution in [0.15, 0.2) is 29.8 Å². The van der Waals surface area contributed by atoms with Crippen LogP contribution in [0.25, 0.3) is 0 Å². The van der Waals surface area contributed by atoms with Gasteiger partial charge in [-0.15, -0.1) is 0 Å². The van der Waals surface area contributed by atoms with Gasteiger partial charge in [0.05, 0.1) is 16.7 Å². The monoisotopic (exact) mass is 592 g/mol. The van der Waals surface area contributed by atoms with Gasteiger partial charge in [-0.1, -0.05) is 32.4 Å². The molecular formula is C30H43F3N6O3. The molecule has 0 spiro atoms. The van der Waals surface area contributed by atoms with Crippen LogP contribution < -0.4 is 10.9 Å². The van der Waals surface area contributed by atoms with E-state index in [0.717, 1.165) is 38.7 Å². The van der Waals surface area contributed by atoms with Gasteiger partial charge in [0.1, 0.15) is 5.56 Å². The van der Waals surface area contributed by atoms with Gasteiger partial charge in [-0.3, -0.25) is 19.8 Å². The Morgan fingerprint density at radius 2 is 1.79 bits per heavy atom. The summed E-state index contributed by atoms with van der Waals surface area (Å²) < 4.78 is 40.2. The molecule has 2 unspecified atom stereocenters. The molecule has 1 aromatic carbocycles. The van der Waals surface area contributed by atoms with E-state index >= 15 is 0 Å². The van der Waals surface area contributed by atoms with Crippen molar-refractivity contribution in [1.29, 1.82) is 0 Å². The average molecular weight is 593 g/mol. The largest absolute Gasteiger partial charge is 0.423 e. The molecule has 42 heavy (non-hydrogen) atoms. The number of hydrogen-bond donors (Lipinski definition) is 1. The Morgan fingerprint density at radius 3 is 2.36 bits per heavy atom. The number of nitrogens with zero attached hydrogens (tertiary/aromatic N) is 5. The Bertz CT molecular complexity index is 1200. The number of allylic oxidation sites excluding steroid dienone is 1. The van der Waals surface area contributed by atoms with Crippen molar-refractivity contribution in [3.63, 3.8) is 0 Å². The molecule has 3 saturated heterocycles. The number of nitrogens with two attached hydrogens (primary N) is 1. The Kier molecular flexibility index (Phi) is 8.61. The average Bonchev–Trinajstić information content (AvgIpc) is 3.66. The third-order valence-electron chi connectivity index (χ3n) is 9.78. The van der Waals surface area contributed by atoms with Crippen molar-refractivity contribution in [1.82, 2.24) is 14.7 Å². The predicted octanol–water partition coefficient (Wildman–Crippen LogP) is 4.67. The number of nitro groups is 1. The van der Waals surface area contributed by atoms with E-state index in [-0.39, 0.29) is 23.1 Å². The van der Waals surface area contributed by atoms with Crippen LogP contribution >= 0.6 is 0 Å². The fourth-order valence-electron chi connectivity index (χ4n) is 7.33. The van der Waals surface area contributed by atoms with Gasteiger partial charge in [0.15, 0.2) is 0 Å². The van der Waals surface area contributed by atoms with Crippen molar-refractivity contribution in [2.45, 2.75) is 71.1 Å². The van der Waals surface area contributed by atoms with Gasteiger partial charge in [-0.25, -0.2) is 5.84 Å². The lowest BCUT2D eigenvalue weighted by Gasteiger charge is -2.35. The Hall–Kier alpha value is -2.70. The van der Waals surface area contributed by atoms with Gasteiger partial charge in [0, 0.05) is 64.3 Å². The number of carbonyl (C=O) groups is 1. The first kappa shape index (κ1) is 30.7. The third-order valence-corrected chi connectivity index (χ3v) is 9.78. The lowest BCUT2D eigenvalue weighted by atomic mass is 9.79. The van der Waals surface area contributed by atoms with Crippen LogP contribution in [0, 0.1) is 27.4 Å². The van der Waals surface area contributed by atoms with E-state index in [2.05, 4.69) is 36.6 Å². The quantitative estimate of drug-likeness (QED) is 0.213. The Balaban J connectivity index is 1.07. The number of fused-ring (bicyclic) bond motifs is 1. The SMILES string of the molecule is CC(C)(C)C1=CC[C@@H](N2CC3CN(CCC(=O)N4CC[C@@H](N(N)c5ccc([N+](=O)[O-])c(C(F)(F)F)c5)C4)CC3C2)CC1. The highest BCUT2D eigenvalue weighted by atomic mass is 19.4. The molecular weight excluding hydrogens is 549 g/mol. The summed E-state index contributed by atoms with van der Waals surface area (Å²) in [5.41, 5.74) is -0.474. The highest BCUT2D eigenvalue weighted by Gasteiger charge is 2.43. The van der Waals surface area contributed by atoms with E-state index in [9.17, 15) is 28.1 Å². The minimum atomic E-state index is -4.88. The van der Waals surface area contributed by atoms with Gasteiger partial charge in [-0.2, -0.15) is 13.2 Å². The third kappa shape index (κ3) is 6.60. The Morgan fingerprint density at radius 1 is 1.10 bits per heavy atom. The molecule has 1 amide bonds. The summed E-state index contributed by atoms with van der Waals surface area (Å²) in [6, 6.07) is 3.03.